The van der Waals surface area contributed by atoms with E-state index in [2.05, 4.69) is 73.5 Å². The van der Waals surface area contributed by atoms with Gasteiger partial charge in [0.25, 0.3) is 0 Å². The highest BCUT2D eigenvalue weighted by atomic mass is 16.6. The van der Waals surface area contributed by atoms with Crippen molar-refractivity contribution in [2.45, 2.75) is 84.0 Å². The molecular weight excluding hydrogens is 600 g/mol. The maximum absolute atomic E-state index is 13.4. The Labute approximate surface area is 285 Å². The summed E-state index contributed by atoms with van der Waals surface area (Å²) < 4.78 is 19.8. The lowest BCUT2D eigenvalue weighted by atomic mass is 9.92. The third kappa shape index (κ3) is 7.88. The van der Waals surface area contributed by atoms with Crippen molar-refractivity contribution in [2.24, 2.45) is 0 Å². The van der Waals surface area contributed by atoms with Crippen molar-refractivity contribution < 1.29 is 19.0 Å². The highest BCUT2D eigenvalue weighted by Gasteiger charge is 2.38. The van der Waals surface area contributed by atoms with Gasteiger partial charge in [-0.3, -0.25) is 0 Å². The van der Waals surface area contributed by atoms with Crippen molar-refractivity contribution in [2.75, 3.05) is 31.7 Å². The minimum Gasteiger partial charge on any atom is -0.467 e. The summed E-state index contributed by atoms with van der Waals surface area (Å²) in [5.74, 6) is 0.316. The van der Waals surface area contributed by atoms with Gasteiger partial charge in [-0.25, -0.2) is 9.78 Å². The van der Waals surface area contributed by atoms with Crippen LogP contribution >= 0.6 is 0 Å². The van der Waals surface area contributed by atoms with E-state index in [0.29, 0.717) is 36.6 Å². The van der Waals surface area contributed by atoms with Crippen LogP contribution in [0.15, 0.2) is 79.9 Å². The van der Waals surface area contributed by atoms with Gasteiger partial charge in [-0.1, -0.05) is 54.6 Å². The standard InChI is InChI=1S/C40H50N4O4/c1-9-11-12-16-29-17-13-14-20-32(29)30-18-15-19-31(26-30)33-27-34-41-28(3)35(36(38(45)46-8)48-39(4,5)6)37(44(34)42-33)43-23-21-40(7,22-24-43)47-25-10-2/h9-10,13-15,17-20,26-27,36H,1-2,11-12,16,21-25H2,3-8H3/t36-/m0/s1. The number of carbonyl (C=O) groups excluding carboxylic acids is 1. The molecule has 0 unspecified atom stereocenters. The van der Waals surface area contributed by atoms with Crippen molar-refractivity contribution in [3.8, 4) is 22.4 Å². The van der Waals surface area contributed by atoms with E-state index in [0.717, 1.165) is 54.7 Å². The zero-order valence-corrected chi connectivity index (χ0v) is 29.4. The molecule has 48 heavy (non-hydrogen) atoms. The SMILES string of the molecule is C=CCCCc1ccccc1-c1cccc(-c2cc3nc(C)c([C@H](OC(C)(C)C)C(=O)OC)c(N4CCC(C)(OCC=C)CC4)n3n2)c1. The molecule has 2 aromatic heterocycles. The predicted molar refractivity (Wildman–Crippen MR) is 193 cm³/mol. The number of methoxy groups -OCH3 is 1. The fourth-order valence-electron chi connectivity index (χ4n) is 6.45. The average Bonchev–Trinajstić information content (AvgIpc) is 3.50. The first kappa shape index (κ1) is 35.0. The van der Waals surface area contributed by atoms with Crippen molar-refractivity contribution >= 4 is 17.4 Å². The normalized spacial score (nSPS) is 15.3. The molecule has 0 amide bonds. The molecule has 254 valence electrons. The first-order valence-corrected chi connectivity index (χ1v) is 16.9. The van der Waals surface area contributed by atoms with Crippen LogP contribution < -0.4 is 4.90 Å². The van der Waals surface area contributed by atoms with Crippen molar-refractivity contribution in [3.05, 3.63) is 96.7 Å². The largest absolute Gasteiger partial charge is 0.467 e. The molecule has 1 saturated heterocycles. The van der Waals surface area contributed by atoms with Crippen LogP contribution in [0.5, 0.6) is 0 Å². The van der Waals surface area contributed by atoms with Crippen LogP contribution in [-0.4, -0.2) is 58.6 Å². The number of aromatic nitrogens is 3. The van der Waals surface area contributed by atoms with E-state index in [1.165, 1.54) is 18.2 Å². The second kappa shape index (κ2) is 14.9. The average molecular weight is 651 g/mol. The molecule has 0 saturated carbocycles. The molecule has 4 aromatic rings. The second-order valence-electron chi connectivity index (χ2n) is 13.8. The van der Waals surface area contributed by atoms with E-state index in [4.69, 9.17) is 24.3 Å². The number of carbonyl (C=O) groups is 1. The van der Waals surface area contributed by atoms with Gasteiger partial charge in [0, 0.05) is 30.4 Å². The molecule has 0 aliphatic carbocycles. The monoisotopic (exact) mass is 650 g/mol. The van der Waals surface area contributed by atoms with Gasteiger partial charge >= 0.3 is 5.97 Å². The Morgan fingerprint density at radius 2 is 1.77 bits per heavy atom. The van der Waals surface area contributed by atoms with E-state index in [9.17, 15) is 4.79 Å². The number of ether oxygens (including phenoxy) is 3. The molecule has 1 aliphatic rings. The Bertz CT molecular complexity index is 1760. The fourth-order valence-corrected chi connectivity index (χ4v) is 6.45. The van der Waals surface area contributed by atoms with Crippen LogP contribution in [0, 0.1) is 6.92 Å². The molecule has 8 heteroatoms. The first-order chi connectivity index (χ1) is 23.0. The zero-order valence-electron chi connectivity index (χ0n) is 29.4. The number of benzene rings is 2. The quantitative estimate of drug-likeness (QED) is 0.0816. The molecule has 0 N–H and O–H groups in total. The molecule has 1 aliphatic heterocycles. The number of esters is 1. The Morgan fingerprint density at radius 3 is 2.46 bits per heavy atom. The predicted octanol–water partition coefficient (Wildman–Crippen LogP) is 8.47. The smallest absolute Gasteiger partial charge is 0.339 e. The molecule has 1 atom stereocenters. The van der Waals surface area contributed by atoms with Crippen LogP contribution in [0.2, 0.25) is 0 Å². The summed E-state index contributed by atoms with van der Waals surface area (Å²) in [6, 6.07) is 19.1. The lowest BCUT2D eigenvalue weighted by molar-refractivity contribution is -0.164. The van der Waals surface area contributed by atoms with E-state index in [1.807, 2.05) is 44.4 Å². The summed E-state index contributed by atoms with van der Waals surface area (Å²) in [6.07, 6.45) is 7.42. The number of unbranched alkanes of at least 4 members (excludes halogenated alkanes) is 1. The van der Waals surface area contributed by atoms with Gasteiger partial charge in [-0.05, 0) is 89.5 Å². The van der Waals surface area contributed by atoms with Crippen molar-refractivity contribution in [3.63, 3.8) is 0 Å². The van der Waals surface area contributed by atoms with Gasteiger partial charge in [0.1, 0.15) is 5.82 Å². The Morgan fingerprint density at radius 1 is 1.04 bits per heavy atom. The maximum Gasteiger partial charge on any atom is 0.339 e. The number of allylic oxidation sites excluding steroid dienone is 1. The van der Waals surface area contributed by atoms with Gasteiger partial charge in [-0.2, -0.15) is 9.61 Å². The summed E-state index contributed by atoms with van der Waals surface area (Å²) in [5.41, 5.74) is 6.64. The van der Waals surface area contributed by atoms with Gasteiger partial charge in [0.05, 0.1) is 36.2 Å². The molecule has 3 heterocycles. The molecule has 8 nitrogen and oxygen atoms in total. The number of fused-ring (bicyclic) bond motifs is 1. The van der Waals surface area contributed by atoms with Gasteiger partial charge in [0.15, 0.2) is 11.8 Å². The third-order valence-electron chi connectivity index (χ3n) is 8.96. The van der Waals surface area contributed by atoms with Gasteiger partial charge < -0.3 is 19.1 Å². The number of aryl methyl sites for hydroxylation is 2. The van der Waals surface area contributed by atoms with Crippen LogP contribution in [0.4, 0.5) is 5.82 Å². The lowest BCUT2D eigenvalue weighted by Gasteiger charge is -2.41. The van der Waals surface area contributed by atoms with Crippen LogP contribution in [-0.2, 0) is 25.4 Å². The number of rotatable bonds is 13. The Balaban J connectivity index is 1.62. The Hall–Kier alpha value is -4.27. The van der Waals surface area contributed by atoms with Crippen molar-refractivity contribution in [1.82, 2.24) is 14.6 Å². The molecule has 0 spiro atoms. The maximum atomic E-state index is 13.4. The molecule has 0 bridgehead atoms. The summed E-state index contributed by atoms with van der Waals surface area (Å²) >= 11 is 0. The summed E-state index contributed by atoms with van der Waals surface area (Å²) in [4.78, 5) is 20.7. The molecular formula is C40H50N4O4. The minimum atomic E-state index is -0.985. The lowest BCUT2D eigenvalue weighted by Crippen LogP contribution is -2.45. The molecule has 0 radical (unpaired) electrons. The van der Waals surface area contributed by atoms with Crippen LogP contribution in [0.25, 0.3) is 28.0 Å². The topological polar surface area (TPSA) is 78.2 Å². The zero-order chi connectivity index (χ0) is 34.5. The fraction of sp³-hybridized carbons (Fsp3) is 0.425. The number of piperidine rings is 1. The number of hydrogen-bond donors (Lipinski definition) is 0. The first-order valence-electron chi connectivity index (χ1n) is 16.9. The molecule has 2 aromatic carbocycles. The van der Waals surface area contributed by atoms with E-state index in [1.54, 1.807) is 6.08 Å². The van der Waals surface area contributed by atoms with E-state index in [-0.39, 0.29) is 5.60 Å². The number of nitrogens with zero attached hydrogens (tertiary/aromatic N) is 4. The second-order valence-corrected chi connectivity index (χ2v) is 13.8. The van der Waals surface area contributed by atoms with E-state index >= 15 is 0 Å². The third-order valence-corrected chi connectivity index (χ3v) is 8.96. The Kier molecular flexibility index (Phi) is 10.9. The van der Waals surface area contributed by atoms with Gasteiger partial charge in [0.2, 0.25) is 0 Å². The highest BCUT2D eigenvalue weighted by Crippen LogP contribution is 2.39. The molecule has 5 rings (SSSR count). The number of hydrogen-bond acceptors (Lipinski definition) is 7. The van der Waals surface area contributed by atoms with Crippen LogP contribution in [0.3, 0.4) is 0 Å². The van der Waals surface area contributed by atoms with Crippen LogP contribution in [0.1, 0.15) is 76.3 Å². The summed E-state index contributed by atoms with van der Waals surface area (Å²) in [7, 11) is 1.39. The van der Waals surface area contributed by atoms with Crippen molar-refractivity contribution in [1.29, 1.82) is 0 Å². The summed E-state index contributed by atoms with van der Waals surface area (Å²) in [5, 5.41) is 5.18. The summed E-state index contributed by atoms with van der Waals surface area (Å²) in [6.45, 7) is 19.5. The van der Waals surface area contributed by atoms with Gasteiger partial charge in [-0.15, -0.1) is 13.2 Å². The molecule has 1 fully saturated rings. The number of anilines is 1. The highest BCUT2D eigenvalue weighted by molar-refractivity contribution is 5.81. The van der Waals surface area contributed by atoms with E-state index < -0.39 is 17.7 Å². The minimum absolute atomic E-state index is 0.270.